The number of nitrogens with one attached hydrogen (secondary N) is 2. The molecule has 1 aliphatic carbocycles. The summed E-state index contributed by atoms with van der Waals surface area (Å²) >= 11 is 0. The molecule has 1 amide bonds. The van der Waals surface area contributed by atoms with E-state index in [0.717, 1.165) is 25.7 Å². The first-order valence-electron chi connectivity index (χ1n) is 7.71. The van der Waals surface area contributed by atoms with Crippen LogP contribution in [0.3, 0.4) is 0 Å². The lowest BCUT2D eigenvalue weighted by Gasteiger charge is -2.32. The third-order valence-corrected chi connectivity index (χ3v) is 4.37. The quantitative estimate of drug-likeness (QED) is 0.815. The molecule has 0 aromatic heterocycles. The van der Waals surface area contributed by atoms with E-state index < -0.39 is 16.4 Å². The predicted octanol–water partition coefficient (Wildman–Crippen LogP) is 2.18. The van der Waals surface area contributed by atoms with E-state index >= 15 is 0 Å². The summed E-state index contributed by atoms with van der Waals surface area (Å²) in [6.45, 7) is 7.66. The van der Waals surface area contributed by atoms with E-state index in [4.69, 9.17) is 4.74 Å². The van der Waals surface area contributed by atoms with Gasteiger partial charge in [-0.15, -0.1) is 0 Å². The molecular formula is C15H30N2O3S. The Morgan fingerprint density at radius 2 is 1.95 bits per heavy atom. The Kier molecular flexibility index (Phi) is 7.13. The van der Waals surface area contributed by atoms with Gasteiger partial charge in [-0.05, 0) is 53.4 Å². The van der Waals surface area contributed by atoms with E-state index in [1.54, 1.807) is 6.26 Å². The largest absolute Gasteiger partial charge is 0.444 e. The summed E-state index contributed by atoms with van der Waals surface area (Å²) in [5.74, 6) is 0.667. The van der Waals surface area contributed by atoms with Gasteiger partial charge in [0.1, 0.15) is 5.60 Å². The molecule has 4 unspecified atom stereocenters. The van der Waals surface area contributed by atoms with Crippen molar-refractivity contribution >= 4 is 16.9 Å². The summed E-state index contributed by atoms with van der Waals surface area (Å²) in [5, 5.41) is 6.47. The lowest BCUT2D eigenvalue weighted by Crippen LogP contribution is -2.48. The predicted molar refractivity (Wildman–Crippen MR) is 86.9 cm³/mol. The van der Waals surface area contributed by atoms with Crippen LogP contribution in [0.2, 0.25) is 0 Å². The summed E-state index contributed by atoms with van der Waals surface area (Å²) < 4.78 is 16.5. The molecule has 0 bridgehead atoms. The molecule has 0 aliphatic heterocycles. The van der Waals surface area contributed by atoms with Crippen LogP contribution in [0.5, 0.6) is 0 Å². The van der Waals surface area contributed by atoms with Gasteiger partial charge in [0.25, 0.3) is 0 Å². The number of amides is 1. The lowest BCUT2D eigenvalue weighted by atomic mass is 9.90. The number of hydrogen-bond donors (Lipinski definition) is 2. The van der Waals surface area contributed by atoms with Gasteiger partial charge in [0.2, 0.25) is 0 Å². The highest BCUT2D eigenvalue weighted by molar-refractivity contribution is 7.84. The van der Waals surface area contributed by atoms with Gasteiger partial charge >= 0.3 is 6.09 Å². The summed E-state index contributed by atoms with van der Waals surface area (Å²) in [5.41, 5.74) is -0.462. The van der Waals surface area contributed by atoms with Crippen LogP contribution >= 0.6 is 0 Å². The van der Waals surface area contributed by atoms with E-state index in [0.29, 0.717) is 11.8 Å². The van der Waals surface area contributed by atoms with Crippen molar-refractivity contribution in [3.63, 3.8) is 0 Å². The van der Waals surface area contributed by atoms with Crippen molar-refractivity contribution in [1.29, 1.82) is 0 Å². The van der Waals surface area contributed by atoms with Gasteiger partial charge in [-0.3, -0.25) is 4.21 Å². The molecule has 0 aromatic carbocycles. The van der Waals surface area contributed by atoms with Crippen LogP contribution in [-0.4, -0.2) is 46.0 Å². The normalized spacial score (nSPS) is 26.0. The minimum absolute atomic E-state index is 0.158. The van der Waals surface area contributed by atoms with Crippen molar-refractivity contribution in [2.45, 2.75) is 77.1 Å². The molecule has 1 saturated carbocycles. The number of ether oxygens (including phenoxy) is 1. The Bertz CT molecular complexity index is 368. The average Bonchev–Trinajstić information content (AvgIpc) is 2.24. The van der Waals surface area contributed by atoms with Gasteiger partial charge in [0, 0.05) is 40.9 Å². The molecule has 0 heterocycles. The Hall–Kier alpha value is -0.620. The molecular weight excluding hydrogens is 288 g/mol. The fraction of sp³-hybridized carbons (Fsp3) is 0.933. The third kappa shape index (κ3) is 8.41. The van der Waals surface area contributed by atoms with Crippen LogP contribution in [0.1, 0.15) is 53.4 Å². The van der Waals surface area contributed by atoms with Gasteiger partial charge in [0.05, 0.1) is 0 Å². The molecule has 124 valence electrons. The van der Waals surface area contributed by atoms with Crippen molar-refractivity contribution in [2.24, 2.45) is 0 Å². The smallest absolute Gasteiger partial charge is 0.407 e. The summed E-state index contributed by atoms with van der Waals surface area (Å²) in [4.78, 5) is 11.8. The zero-order valence-corrected chi connectivity index (χ0v) is 14.7. The number of alkyl carbamates (subject to hydrolysis) is 1. The third-order valence-electron chi connectivity index (χ3n) is 3.40. The minimum atomic E-state index is -0.782. The number of carbonyl (C=O) groups excluding carboxylic acids is 1. The molecule has 0 aromatic rings. The van der Waals surface area contributed by atoms with Crippen molar-refractivity contribution < 1.29 is 13.7 Å². The van der Waals surface area contributed by atoms with Gasteiger partial charge in [-0.1, -0.05) is 0 Å². The van der Waals surface area contributed by atoms with Crippen molar-refractivity contribution in [3.05, 3.63) is 0 Å². The SMILES string of the molecule is CC(CS(C)=O)NC1CCCC(NC(=O)OC(C)(C)C)C1. The summed E-state index contributed by atoms with van der Waals surface area (Å²) in [7, 11) is -0.782. The molecule has 4 atom stereocenters. The highest BCUT2D eigenvalue weighted by Gasteiger charge is 2.26. The van der Waals surface area contributed by atoms with Crippen LogP contribution in [0.25, 0.3) is 0 Å². The maximum atomic E-state index is 11.8. The molecule has 1 aliphatic rings. The van der Waals surface area contributed by atoms with E-state index in [2.05, 4.69) is 17.6 Å². The Morgan fingerprint density at radius 3 is 2.52 bits per heavy atom. The number of carbonyl (C=O) groups is 1. The topological polar surface area (TPSA) is 67.4 Å². The molecule has 2 N–H and O–H groups in total. The Balaban J connectivity index is 2.38. The lowest BCUT2D eigenvalue weighted by molar-refractivity contribution is 0.0488. The molecule has 5 nitrogen and oxygen atoms in total. The van der Waals surface area contributed by atoms with E-state index in [-0.39, 0.29) is 18.2 Å². The molecule has 6 heteroatoms. The monoisotopic (exact) mass is 318 g/mol. The van der Waals surface area contributed by atoms with Crippen LogP contribution in [0, 0.1) is 0 Å². The van der Waals surface area contributed by atoms with Crippen molar-refractivity contribution in [3.8, 4) is 0 Å². The van der Waals surface area contributed by atoms with Gasteiger partial charge in [-0.25, -0.2) is 4.79 Å². The molecule has 0 saturated heterocycles. The Labute approximate surface area is 131 Å². The number of rotatable bonds is 5. The first-order chi connectivity index (χ1) is 9.65. The first kappa shape index (κ1) is 18.4. The van der Waals surface area contributed by atoms with Crippen LogP contribution in [-0.2, 0) is 15.5 Å². The minimum Gasteiger partial charge on any atom is -0.444 e. The van der Waals surface area contributed by atoms with Crippen molar-refractivity contribution in [2.75, 3.05) is 12.0 Å². The van der Waals surface area contributed by atoms with Crippen LogP contribution in [0.4, 0.5) is 4.79 Å². The molecule has 1 fully saturated rings. The highest BCUT2D eigenvalue weighted by atomic mass is 32.2. The second-order valence-corrected chi connectivity index (χ2v) is 8.49. The maximum Gasteiger partial charge on any atom is 0.407 e. The highest BCUT2D eigenvalue weighted by Crippen LogP contribution is 2.20. The first-order valence-corrected chi connectivity index (χ1v) is 9.44. The second kappa shape index (κ2) is 8.13. The number of hydrogen-bond acceptors (Lipinski definition) is 4. The van der Waals surface area contributed by atoms with Crippen molar-refractivity contribution in [1.82, 2.24) is 10.6 Å². The fourth-order valence-electron chi connectivity index (χ4n) is 2.75. The van der Waals surface area contributed by atoms with E-state index in [1.807, 2.05) is 20.8 Å². The fourth-order valence-corrected chi connectivity index (χ4v) is 3.55. The Morgan fingerprint density at radius 1 is 1.33 bits per heavy atom. The zero-order chi connectivity index (χ0) is 16.0. The van der Waals surface area contributed by atoms with E-state index in [9.17, 15) is 9.00 Å². The second-order valence-electron chi connectivity index (χ2n) is 7.01. The van der Waals surface area contributed by atoms with E-state index in [1.165, 1.54) is 0 Å². The van der Waals surface area contributed by atoms with Crippen LogP contribution < -0.4 is 10.6 Å². The molecule has 0 radical (unpaired) electrons. The summed E-state index contributed by atoms with van der Waals surface area (Å²) in [6.07, 6.45) is 5.47. The average molecular weight is 318 g/mol. The summed E-state index contributed by atoms with van der Waals surface area (Å²) in [6, 6.07) is 0.767. The maximum absolute atomic E-state index is 11.8. The standard InChI is InChI=1S/C15H30N2O3S/c1-11(10-21(5)19)16-12-7-6-8-13(9-12)17-14(18)20-15(2,3)4/h11-13,16H,6-10H2,1-5H3,(H,17,18). The molecule has 0 spiro atoms. The van der Waals surface area contributed by atoms with Gasteiger partial charge in [0.15, 0.2) is 0 Å². The molecule has 1 rings (SSSR count). The van der Waals surface area contributed by atoms with Crippen LogP contribution in [0.15, 0.2) is 0 Å². The molecule has 21 heavy (non-hydrogen) atoms. The van der Waals surface area contributed by atoms with Gasteiger partial charge < -0.3 is 15.4 Å². The zero-order valence-electron chi connectivity index (χ0n) is 13.9. The van der Waals surface area contributed by atoms with Gasteiger partial charge in [-0.2, -0.15) is 0 Å².